The predicted octanol–water partition coefficient (Wildman–Crippen LogP) is 5.03. The van der Waals surface area contributed by atoms with Crippen molar-refractivity contribution in [3.05, 3.63) is 83.4 Å². The van der Waals surface area contributed by atoms with E-state index in [2.05, 4.69) is 75.0 Å². The van der Waals surface area contributed by atoms with Crippen molar-refractivity contribution in [2.75, 3.05) is 0 Å². The molecular formula is C18H18. The van der Waals surface area contributed by atoms with E-state index in [1.165, 1.54) is 22.3 Å². The summed E-state index contributed by atoms with van der Waals surface area (Å²) < 4.78 is 0. The standard InChI is InChI=1S/C18H18/c1-4-17(18-8-6-5-7-15(18)3)13-16-11-9-14(2)10-12-16/h4-13H,1H2,2-3H3. The summed E-state index contributed by atoms with van der Waals surface area (Å²) in [5.74, 6) is 0. The normalized spacial score (nSPS) is 11.3. The van der Waals surface area contributed by atoms with Gasteiger partial charge in [0.1, 0.15) is 0 Å². The van der Waals surface area contributed by atoms with Crippen molar-refractivity contribution in [3.63, 3.8) is 0 Å². The molecule has 2 aromatic carbocycles. The second kappa shape index (κ2) is 5.50. The molecule has 0 atom stereocenters. The molecule has 0 bridgehead atoms. The highest BCUT2D eigenvalue weighted by Crippen LogP contribution is 2.22. The largest absolute Gasteiger partial charge is 0.0984 e. The molecule has 0 radical (unpaired) electrons. The summed E-state index contributed by atoms with van der Waals surface area (Å²) in [7, 11) is 0. The molecule has 0 heteroatoms. The Hall–Kier alpha value is -2.08. The van der Waals surface area contributed by atoms with Gasteiger partial charge in [0.15, 0.2) is 0 Å². The van der Waals surface area contributed by atoms with Crippen LogP contribution in [-0.2, 0) is 0 Å². The molecule has 18 heavy (non-hydrogen) atoms. The van der Waals surface area contributed by atoms with E-state index in [4.69, 9.17) is 0 Å². The van der Waals surface area contributed by atoms with Gasteiger partial charge in [-0.25, -0.2) is 0 Å². The summed E-state index contributed by atoms with van der Waals surface area (Å²) in [6, 6.07) is 16.9. The second-order valence-electron chi connectivity index (χ2n) is 4.53. The van der Waals surface area contributed by atoms with Crippen molar-refractivity contribution in [1.82, 2.24) is 0 Å². The van der Waals surface area contributed by atoms with Crippen LogP contribution in [0.5, 0.6) is 0 Å². The number of hydrogen-bond acceptors (Lipinski definition) is 0. The summed E-state index contributed by atoms with van der Waals surface area (Å²) in [6.07, 6.45) is 4.09. The zero-order valence-electron chi connectivity index (χ0n) is 11.0. The lowest BCUT2D eigenvalue weighted by Crippen LogP contribution is -1.86. The van der Waals surface area contributed by atoms with Crippen LogP contribution in [0.1, 0.15) is 22.3 Å². The van der Waals surface area contributed by atoms with Crippen molar-refractivity contribution in [3.8, 4) is 0 Å². The summed E-state index contributed by atoms with van der Waals surface area (Å²) in [6.45, 7) is 8.15. The molecule has 0 fully saturated rings. The smallest absolute Gasteiger partial charge is 0.0155 e. The van der Waals surface area contributed by atoms with Crippen LogP contribution < -0.4 is 0 Å². The minimum absolute atomic E-state index is 1.16. The first-order valence-electron chi connectivity index (χ1n) is 6.17. The number of benzene rings is 2. The SMILES string of the molecule is C=CC(=Cc1ccc(C)cc1)c1ccccc1C. The molecule has 2 rings (SSSR count). The maximum Gasteiger partial charge on any atom is -0.0155 e. The van der Waals surface area contributed by atoms with Gasteiger partial charge in [0.05, 0.1) is 0 Å². The van der Waals surface area contributed by atoms with Gasteiger partial charge in [0.2, 0.25) is 0 Å². The van der Waals surface area contributed by atoms with Crippen LogP contribution in [0.2, 0.25) is 0 Å². The van der Waals surface area contributed by atoms with Gasteiger partial charge >= 0.3 is 0 Å². The second-order valence-corrected chi connectivity index (χ2v) is 4.53. The van der Waals surface area contributed by atoms with Crippen LogP contribution in [0.4, 0.5) is 0 Å². The lowest BCUT2D eigenvalue weighted by atomic mass is 9.98. The number of hydrogen-bond donors (Lipinski definition) is 0. The molecule has 0 aliphatic carbocycles. The molecule has 0 aliphatic rings. The molecule has 0 amide bonds. The van der Waals surface area contributed by atoms with Gasteiger partial charge in [-0.15, -0.1) is 0 Å². The van der Waals surface area contributed by atoms with Gasteiger partial charge in [-0.1, -0.05) is 66.7 Å². The van der Waals surface area contributed by atoms with E-state index in [1.807, 2.05) is 6.08 Å². The quantitative estimate of drug-likeness (QED) is 0.516. The van der Waals surface area contributed by atoms with Gasteiger partial charge in [-0.05, 0) is 42.2 Å². The Balaban J connectivity index is 2.43. The van der Waals surface area contributed by atoms with Crippen LogP contribution >= 0.6 is 0 Å². The van der Waals surface area contributed by atoms with Gasteiger partial charge in [-0.3, -0.25) is 0 Å². The van der Waals surface area contributed by atoms with Crippen LogP contribution in [0.3, 0.4) is 0 Å². The molecule has 0 heterocycles. The molecule has 2 aromatic rings. The molecule has 90 valence electrons. The Bertz CT molecular complexity index is 571. The zero-order chi connectivity index (χ0) is 13.0. The third-order valence-corrected chi connectivity index (χ3v) is 3.08. The lowest BCUT2D eigenvalue weighted by Gasteiger charge is -2.07. The molecule has 0 N–H and O–H groups in total. The Morgan fingerprint density at radius 3 is 2.22 bits per heavy atom. The average Bonchev–Trinajstić information content (AvgIpc) is 2.39. The first kappa shape index (κ1) is 12.4. The van der Waals surface area contributed by atoms with E-state index in [-0.39, 0.29) is 0 Å². The Morgan fingerprint density at radius 1 is 0.944 bits per heavy atom. The molecule has 0 nitrogen and oxygen atoms in total. The van der Waals surface area contributed by atoms with Gasteiger partial charge in [0.25, 0.3) is 0 Å². The lowest BCUT2D eigenvalue weighted by molar-refractivity contribution is 1.43. The highest BCUT2D eigenvalue weighted by Gasteiger charge is 2.01. The molecule has 0 aliphatic heterocycles. The minimum Gasteiger partial charge on any atom is -0.0984 e. The van der Waals surface area contributed by atoms with Gasteiger partial charge < -0.3 is 0 Å². The first-order chi connectivity index (χ1) is 8.70. The van der Waals surface area contributed by atoms with Crippen molar-refractivity contribution in [2.45, 2.75) is 13.8 Å². The fourth-order valence-electron chi connectivity index (χ4n) is 1.99. The van der Waals surface area contributed by atoms with Gasteiger partial charge in [0, 0.05) is 0 Å². The van der Waals surface area contributed by atoms with Crippen molar-refractivity contribution >= 4 is 11.6 Å². The fraction of sp³-hybridized carbons (Fsp3) is 0.111. The first-order valence-corrected chi connectivity index (χ1v) is 6.17. The van der Waals surface area contributed by atoms with E-state index in [0.717, 1.165) is 5.57 Å². The van der Waals surface area contributed by atoms with Crippen LogP contribution in [-0.4, -0.2) is 0 Å². The van der Waals surface area contributed by atoms with Crippen molar-refractivity contribution in [1.29, 1.82) is 0 Å². The van der Waals surface area contributed by atoms with E-state index in [9.17, 15) is 0 Å². The summed E-state index contributed by atoms with van der Waals surface area (Å²) in [4.78, 5) is 0. The molecule has 0 saturated heterocycles. The topological polar surface area (TPSA) is 0 Å². The predicted molar refractivity (Wildman–Crippen MR) is 80.4 cm³/mol. The molecule has 0 unspecified atom stereocenters. The van der Waals surface area contributed by atoms with E-state index in [1.54, 1.807) is 0 Å². The maximum absolute atomic E-state index is 3.92. The minimum atomic E-state index is 1.16. The summed E-state index contributed by atoms with van der Waals surface area (Å²) in [5, 5.41) is 0. The number of aryl methyl sites for hydroxylation is 2. The monoisotopic (exact) mass is 234 g/mol. The fourth-order valence-corrected chi connectivity index (χ4v) is 1.99. The highest BCUT2D eigenvalue weighted by atomic mass is 14.1. The average molecular weight is 234 g/mol. The summed E-state index contributed by atoms with van der Waals surface area (Å²) in [5.41, 5.74) is 6.17. The third-order valence-electron chi connectivity index (χ3n) is 3.08. The van der Waals surface area contributed by atoms with Crippen molar-refractivity contribution in [2.24, 2.45) is 0 Å². The van der Waals surface area contributed by atoms with Crippen molar-refractivity contribution < 1.29 is 0 Å². The van der Waals surface area contributed by atoms with E-state index >= 15 is 0 Å². The molecular weight excluding hydrogens is 216 g/mol. The van der Waals surface area contributed by atoms with Crippen LogP contribution in [0.25, 0.3) is 11.6 Å². The van der Waals surface area contributed by atoms with Crippen LogP contribution in [0.15, 0.2) is 61.2 Å². The van der Waals surface area contributed by atoms with E-state index in [0.29, 0.717) is 0 Å². The Morgan fingerprint density at radius 2 is 1.61 bits per heavy atom. The number of rotatable bonds is 3. The maximum atomic E-state index is 3.92. The zero-order valence-corrected chi connectivity index (χ0v) is 11.0. The third kappa shape index (κ3) is 2.78. The Labute approximate surface area is 109 Å². The Kier molecular flexibility index (Phi) is 3.78. The van der Waals surface area contributed by atoms with E-state index < -0.39 is 0 Å². The molecule has 0 aromatic heterocycles. The van der Waals surface area contributed by atoms with Crippen LogP contribution in [0, 0.1) is 13.8 Å². The van der Waals surface area contributed by atoms with Gasteiger partial charge in [-0.2, -0.15) is 0 Å². The molecule has 0 saturated carbocycles. The summed E-state index contributed by atoms with van der Waals surface area (Å²) >= 11 is 0. The highest BCUT2D eigenvalue weighted by molar-refractivity contribution is 5.88. The number of allylic oxidation sites excluding steroid dienone is 2. The molecule has 0 spiro atoms.